The fourth-order valence-corrected chi connectivity index (χ4v) is 1.99. The molecule has 0 amide bonds. The van der Waals surface area contributed by atoms with E-state index in [9.17, 15) is 5.11 Å². The van der Waals surface area contributed by atoms with Crippen LogP contribution in [0.3, 0.4) is 0 Å². The van der Waals surface area contributed by atoms with Crippen molar-refractivity contribution < 1.29 is 9.84 Å². The van der Waals surface area contributed by atoms with Crippen LogP contribution in [0.4, 0.5) is 5.69 Å². The molecule has 2 aromatic rings. The van der Waals surface area contributed by atoms with Crippen LogP contribution >= 0.6 is 0 Å². The van der Waals surface area contributed by atoms with Gasteiger partial charge in [-0.15, -0.1) is 0 Å². The molecule has 2 rings (SSSR count). The van der Waals surface area contributed by atoms with Crippen LogP contribution in [0.15, 0.2) is 42.5 Å². The first-order valence-corrected chi connectivity index (χ1v) is 5.80. The van der Waals surface area contributed by atoms with Gasteiger partial charge in [0.25, 0.3) is 0 Å². The number of rotatable bonds is 3. The average Bonchev–Trinajstić information content (AvgIpc) is 2.38. The Kier molecular flexibility index (Phi) is 3.53. The molecule has 1 unspecified atom stereocenters. The van der Waals surface area contributed by atoms with Gasteiger partial charge in [0.15, 0.2) is 0 Å². The molecule has 0 heterocycles. The zero-order chi connectivity index (χ0) is 13.1. The Bertz CT molecular complexity index is 552. The summed E-state index contributed by atoms with van der Waals surface area (Å²) < 4.78 is 5.28. The SMILES string of the molecule is COc1ccc(C)cc1C(O)c1ccccc1N. The molecule has 0 radical (unpaired) electrons. The number of nitrogen functional groups attached to an aromatic ring is 1. The molecule has 3 heteroatoms. The lowest BCUT2D eigenvalue weighted by Crippen LogP contribution is -2.05. The minimum Gasteiger partial charge on any atom is -0.496 e. The monoisotopic (exact) mass is 243 g/mol. The third kappa shape index (κ3) is 2.31. The normalized spacial score (nSPS) is 12.2. The summed E-state index contributed by atoms with van der Waals surface area (Å²) in [5, 5.41) is 10.4. The molecule has 0 aliphatic carbocycles. The molecule has 0 aliphatic rings. The maximum absolute atomic E-state index is 10.4. The van der Waals surface area contributed by atoms with Crippen LogP contribution in [0.1, 0.15) is 22.8 Å². The number of anilines is 1. The smallest absolute Gasteiger partial charge is 0.125 e. The molecule has 0 aliphatic heterocycles. The Morgan fingerprint density at radius 3 is 2.50 bits per heavy atom. The molecule has 0 aromatic heterocycles. The van der Waals surface area contributed by atoms with Crippen molar-refractivity contribution in [3.05, 3.63) is 59.2 Å². The summed E-state index contributed by atoms with van der Waals surface area (Å²) in [5.74, 6) is 0.663. The lowest BCUT2D eigenvalue weighted by molar-refractivity contribution is 0.215. The van der Waals surface area contributed by atoms with Crippen LogP contribution in [-0.2, 0) is 0 Å². The number of methoxy groups -OCH3 is 1. The van der Waals surface area contributed by atoms with Gasteiger partial charge in [-0.3, -0.25) is 0 Å². The average molecular weight is 243 g/mol. The van der Waals surface area contributed by atoms with Crippen LogP contribution < -0.4 is 10.5 Å². The van der Waals surface area contributed by atoms with Crippen LogP contribution in [0.25, 0.3) is 0 Å². The highest BCUT2D eigenvalue weighted by molar-refractivity contribution is 5.52. The van der Waals surface area contributed by atoms with Gasteiger partial charge in [-0.25, -0.2) is 0 Å². The van der Waals surface area contributed by atoms with E-state index in [1.165, 1.54) is 0 Å². The summed E-state index contributed by atoms with van der Waals surface area (Å²) in [5.41, 5.74) is 8.96. The minimum absolute atomic E-state index is 0.577. The number of ether oxygens (including phenoxy) is 1. The van der Waals surface area contributed by atoms with Crippen molar-refractivity contribution in [1.82, 2.24) is 0 Å². The van der Waals surface area contributed by atoms with E-state index in [1.807, 2.05) is 43.3 Å². The third-order valence-electron chi connectivity index (χ3n) is 2.97. The molecule has 1 atom stereocenters. The van der Waals surface area contributed by atoms with Crippen molar-refractivity contribution >= 4 is 5.69 Å². The molecular formula is C15H17NO2. The quantitative estimate of drug-likeness (QED) is 0.815. The van der Waals surface area contributed by atoms with Gasteiger partial charge >= 0.3 is 0 Å². The zero-order valence-corrected chi connectivity index (χ0v) is 10.6. The topological polar surface area (TPSA) is 55.5 Å². The van der Waals surface area contributed by atoms with Crippen LogP contribution in [0.2, 0.25) is 0 Å². The first-order chi connectivity index (χ1) is 8.63. The summed E-state index contributed by atoms with van der Waals surface area (Å²) in [4.78, 5) is 0. The van der Waals surface area contributed by atoms with Crippen molar-refractivity contribution in [3.8, 4) is 5.75 Å². The molecule has 0 spiro atoms. The summed E-state index contributed by atoms with van der Waals surface area (Å²) >= 11 is 0. The second-order valence-corrected chi connectivity index (χ2v) is 4.28. The molecule has 18 heavy (non-hydrogen) atoms. The third-order valence-corrected chi connectivity index (χ3v) is 2.97. The van der Waals surface area contributed by atoms with Gasteiger partial charge in [-0.2, -0.15) is 0 Å². The number of benzene rings is 2. The van der Waals surface area contributed by atoms with Crippen LogP contribution in [-0.4, -0.2) is 12.2 Å². The highest BCUT2D eigenvalue weighted by Gasteiger charge is 2.17. The van der Waals surface area contributed by atoms with E-state index >= 15 is 0 Å². The summed E-state index contributed by atoms with van der Waals surface area (Å²) in [6.45, 7) is 1.98. The maximum Gasteiger partial charge on any atom is 0.125 e. The fraction of sp³-hybridized carbons (Fsp3) is 0.200. The second kappa shape index (κ2) is 5.10. The Balaban J connectivity index is 2.48. The second-order valence-electron chi connectivity index (χ2n) is 4.28. The van der Waals surface area contributed by atoms with E-state index < -0.39 is 6.10 Å². The van der Waals surface area contributed by atoms with Gasteiger partial charge in [0, 0.05) is 16.8 Å². The van der Waals surface area contributed by atoms with E-state index in [0.29, 0.717) is 17.0 Å². The Hall–Kier alpha value is -2.00. The van der Waals surface area contributed by atoms with Gasteiger partial charge in [0.1, 0.15) is 11.9 Å². The van der Waals surface area contributed by atoms with Gasteiger partial charge in [-0.05, 0) is 25.1 Å². The van der Waals surface area contributed by atoms with Crippen molar-refractivity contribution in [1.29, 1.82) is 0 Å². The molecule has 0 fully saturated rings. The van der Waals surface area contributed by atoms with E-state index in [1.54, 1.807) is 13.2 Å². The minimum atomic E-state index is -0.777. The van der Waals surface area contributed by atoms with Crippen molar-refractivity contribution in [2.45, 2.75) is 13.0 Å². The van der Waals surface area contributed by atoms with Gasteiger partial charge in [0.05, 0.1) is 7.11 Å². The van der Waals surface area contributed by atoms with Crippen LogP contribution in [0, 0.1) is 6.92 Å². The molecule has 3 nitrogen and oxygen atoms in total. The highest BCUT2D eigenvalue weighted by Crippen LogP contribution is 2.33. The number of aliphatic hydroxyl groups excluding tert-OH is 1. The van der Waals surface area contributed by atoms with E-state index in [4.69, 9.17) is 10.5 Å². The van der Waals surface area contributed by atoms with Crippen molar-refractivity contribution in [2.24, 2.45) is 0 Å². The molecule has 0 bridgehead atoms. The summed E-state index contributed by atoms with van der Waals surface area (Å²) in [6, 6.07) is 13.0. The standard InChI is InChI=1S/C15H17NO2/c1-10-7-8-14(18-2)12(9-10)15(17)11-5-3-4-6-13(11)16/h3-9,15,17H,16H2,1-2H3. The number of aliphatic hydroxyl groups is 1. The lowest BCUT2D eigenvalue weighted by Gasteiger charge is -2.17. The van der Waals surface area contributed by atoms with Gasteiger partial charge in [-0.1, -0.05) is 29.8 Å². The summed E-state index contributed by atoms with van der Waals surface area (Å²) in [7, 11) is 1.59. The number of nitrogens with two attached hydrogens (primary N) is 1. The molecule has 3 N–H and O–H groups in total. The Morgan fingerprint density at radius 1 is 1.11 bits per heavy atom. The van der Waals surface area contributed by atoms with E-state index in [2.05, 4.69) is 0 Å². The molecular weight excluding hydrogens is 226 g/mol. The summed E-state index contributed by atoms with van der Waals surface area (Å²) in [6.07, 6.45) is -0.777. The Labute approximate surface area is 107 Å². The zero-order valence-electron chi connectivity index (χ0n) is 10.6. The Morgan fingerprint density at radius 2 is 1.83 bits per heavy atom. The predicted octanol–water partition coefficient (Wildman–Crippen LogP) is 2.67. The largest absolute Gasteiger partial charge is 0.496 e. The number of para-hydroxylation sites is 1. The number of aryl methyl sites for hydroxylation is 1. The predicted molar refractivity (Wildman–Crippen MR) is 72.6 cm³/mol. The number of hydrogen-bond donors (Lipinski definition) is 2. The maximum atomic E-state index is 10.4. The highest BCUT2D eigenvalue weighted by atomic mass is 16.5. The molecule has 2 aromatic carbocycles. The van der Waals surface area contributed by atoms with E-state index in [-0.39, 0.29) is 0 Å². The molecule has 94 valence electrons. The first-order valence-electron chi connectivity index (χ1n) is 5.80. The van der Waals surface area contributed by atoms with Crippen LogP contribution in [0.5, 0.6) is 5.75 Å². The van der Waals surface area contributed by atoms with Crippen molar-refractivity contribution in [2.75, 3.05) is 12.8 Å². The molecule has 0 saturated carbocycles. The lowest BCUT2D eigenvalue weighted by atomic mass is 9.98. The first kappa shape index (κ1) is 12.5. The van der Waals surface area contributed by atoms with Gasteiger partial charge in [0.2, 0.25) is 0 Å². The molecule has 0 saturated heterocycles. The fourth-order valence-electron chi connectivity index (χ4n) is 1.99. The van der Waals surface area contributed by atoms with Crippen molar-refractivity contribution in [3.63, 3.8) is 0 Å². The van der Waals surface area contributed by atoms with Gasteiger partial charge < -0.3 is 15.6 Å². The number of hydrogen-bond acceptors (Lipinski definition) is 3. The van der Waals surface area contributed by atoms with E-state index in [0.717, 1.165) is 11.1 Å².